The molecular weight excluding hydrogens is 208 g/mol. The van der Waals surface area contributed by atoms with E-state index in [4.69, 9.17) is 5.73 Å². The van der Waals surface area contributed by atoms with Crippen molar-refractivity contribution in [1.29, 1.82) is 0 Å². The highest BCUT2D eigenvalue weighted by Gasteiger charge is 2.13. The fraction of sp³-hybridized carbons (Fsp3) is 0.400. The van der Waals surface area contributed by atoms with Gasteiger partial charge in [0.2, 0.25) is 0 Å². The van der Waals surface area contributed by atoms with Crippen molar-refractivity contribution in [2.45, 2.75) is 26.3 Å². The Bertz CT molecular complexity index is 430. The summed E-state index contributed by atoms with van der Waals surface area (Å²) in [7, 11) is 0. The molecular formula is C10H14N4S. The second-order valence-corrected chi connectivity index (χ2v) is 4.78. The van der Waals surface area contributed by atoms with Gasteiger partial charge in [-0.3, -0.25) is 0 Å². The lowest BCUT2D eigenvalue weighted by Crippen LogP contribution is -2.07. The molecule has 2 aromatic rings. The smallest absolute Gasteiger partial charge is 0.169 e. The summed E-state index contributed by atoms with van der Waals surface area (Å²) in [5, 5.41) is 10.0. The fourth-order valence-corrected chi connectivity index (χ4v) is 2.28. The summed E-state index contributed by atoms with van der Waals surface area (Å²) >= 11 is 1.72. The van der Waals surface area contributed by atoms with E-state index < -0.39 is 0 Å². The van der Waals surface area contributed by atoms with Crippen LogP contribution in [0.1, 0.15) is 30.3 Å². The van der Waals surface area contributed by atoms with Gasteiger partial charge in [0, 0.05) is 4.88 Å². The van der Waals surface area contributed by atoms with E-state index in [9.17, 15) is 0 Å². The maximum atomic E-state index is 5.78. The molecule has 80 valence electrons. The zero-order valence-electron chi connectivity index (χ0n) is 8.84. The minimum absolute atomic E-state index is 0.347. The van der Waals surface area contributed by atoms with Crippen molar-refractivity contribution in [2.24, 2.45) is 0 Å². The summed E-state index contributed by atoms with van der Waals surface area (Å²) in [5.41, 5.74) is 6.80. The van der Waals surface area contributed by atoms with Crippen LogP contribution in [0.2, 0.25) is 0 Å². The molecule has 2 N–H and O–H groups in total. The maximum Gasteiger partial charge on any atom is 0.169 e. The van der Waals surface area contributed by atoms with Gasteiger partial charge in [-0.1, -0.05) is 25.1 Å². The number of hydrogen-bond acceptors (Lipinski definition) is 4. The van der Waals surface area contributed by atoms with Crippen molar-refractivity contribution < 1.29 is 0 Å². The molecule has 2 rings (SSSR count). The van der Waals surface area contributed by atoms with Crippen molar-refractivity contribution in [2.75, 3.05) is 5.73 Å². The quantitative estimate of drug-likeness (QED) is 0.865. The van der Waals surface area contributed by atoms with Gasteiger partial charge in [0.15, 0.2) is 5.82 Å². The molecule has 0 amide bonds. The molecule has 0 bridgehead atoms. The molecule has 0 saturated heterocycles. The standard InChI is InChI=1S/C10H14N4S/c1-7(2)9-10(11)12-13-14(9)6-8-4-3-5-15-8/h3-5,7H,6,11H2,1-2H3. The largest absolute Gasteiger partial charge is 0.381 e. The third-order valence-corrected chi connectivity index (χ3v) is 3.09. The van der Waals surface area contributed by atoms with Crippen molar-refractivity contribution in [3.8, 4) is 0 Å². The number of aromatic nitrogens is 3. The lowest BCUT2D eigenvalue weighted by molar-refractivity contribution is 0.603. The Kier molecular flexibility index (Phi) is 2.73. The predicted molar refractivity (Wildman–Crippen MR) is 61.9 cm³/mol. The van der Waals surface area contributed by atoms with Crippen molar-refractivity contribution in [3.63, 3.8) is 0 Å². The summed E-state index contributed by atoms with van der Waals surface area (Å²) in [6.07, 6.45) is 0. The molecule has 2 aromatic heterocycles. The second-order valence-electron chi connectivity index (χ2n) is 3.75. The van der Waals surface area contributed by atoms with Crippen LogP contribution in [-0.2, 0) is 6.54 Å². The highest BCUT2D eigenvalue weighted by Crippen LogP contribution is 2.21. The molecule has 0 radical (unpaired) electrons. The Morgan fingerprint density at radius 1 is 1.53 bits per heavy atom. The average molecular weight is 222 g/mol. The van der Waals surface area contributed by atoms with Gasteiger partial charge in [-0.15, -0.1) is 16.4 Å². The molecule has 15 heavy (non-hydrogen) atoms. The van der Waals surface area contributed by atoms with E-state index in [0.29, 0.717) is 11.7 Å². The maximum absolute atomic E-state index is 5.78. The zero-order chi connectivity index (χ0) is 10.8. The van der Waals surface area contributed by atoms with Gasteiger partial charge >= 0.3 is 0 Å². The molecule has 0 unspecified atom stereocenters. The van der Waals surface area contributed by atoms with Gasteiger partial charge in [-0.2, -0.15) is 0 Å². The molecule has 0 aliphatic rings. The van der Waals surface area contributed by atoms with E-state index in [1.54, 1.807) is 11.3 Å². The zero-order valence-corrected chi connectivity index (χ0v) is 9.66. The minimum Gasteiger partial charge on any atom is -0.381 e. The molecule has 0 atom stereocenters. The van der Waals surface area contributed by atoms with Gasteiger partial charge < -0.3 is 5.73 Å². The van der Waals surface area contributed by atoms with Crippen LogP contribution in [0, 0.1) is 0 Å². The van der Waals surface area contributed by atoms with Crippen LogP contribution < -0.4 is 5.73 Å². The number of anilines is 1. The molecule has 4 nitrogen and oxygen atoms in total. The van der Waals surface area contributed by atoms with Crippen LogP contribution in [0.3, 0.4) is 0 Å². The first-order valence-corrected chi connectivity index (χ1v) is 5.77. The molecule has 0 spiro atoms. The predicted octanol–water partition coefficient (Wildman–Crippen LogP) is 2.09. The van der Waals surface area contributed by atoms with Crippen LogP contribution in [0.5, 0.6) is 0 Å². The molecule has 0 aliphatic carbocycles. The van der Waals surface area contributed by atoms with Crippen molar-refractivity contribution in [1.82, 2.24) is 15.0 Å². The monoisotopic (exact) mass is 222 g/mol. The van der Waals surface area contributed by atoms with Gasteiger partial charge in [-0.05, 0) is 17.4 Å². The Morgan fingerprint density at radius 3 is 2.93 bits per heavy atom. The summed E-state index contributed by atoms with van der Waals surface area (Å²) in [6, 6.07) is 4.13. The van der Waals surface area contributed by atoms with Gasteiger partial charge in [-0.25, -0.2) is 4.68 Å². The molecule has 2 heterocycles. The number of nitrogens with zero attached hydrogens (tertiary/aromatic N) is 3. The van der Waals surface area contributed by atoms with Gasteiger partial charge in [0.05, 0.1) is 12.2 Å². The van der Waals surface area contributed by atoms with E-state index in [0.717, 1.165) is 12.2 Å². The van der Waals surface area contributed by atoms with E-state index in [1.807, 2.05) is 10.7 Å². The Hall–Kier alpha value is -1.36. The highest BCUT2D eigenvalue weighted by atomic mass is 32.1. The van der Waals surface area contributed by atoms with Crippen LogP contribution >= 0.6 is 11.3 Å². The third-order valence-electron chi connectivity index (χ3n) is 2.23. The summed E-state index contributed by atoms with van der Waals surface area (Å²) in [4.78, 5) is 1.27. The molecule has 0 aromatic carbocycles. The number of thiophene rings is 1. The number of nitrogen functional groups attached to an aromatic ring is 1. The first-order chi connectivity index (χ1) is 7.18. The fourth-order valence-electron chi connectivity index (χ4n) is 1.59. The highest BCUT2D eigenvalue weighted by molar-refractivity contribution is 7.09. The SMILES string of the molecule is CC(C)c1c(N)nnn1Cc1cccs1. The normalized spacial score (nSPS) is 11.1. The summed E-state index contributed by atoms with van der Waals surface area (Å²) in [5.74, 6) is 0.890. The van der Waals surface area contributed by atoms with Crippen molar-refractivity contribution >= 4 is 17.2 Å². The van der Waals surface area contributed by atoms with Gasteiger partial charge in [0.1, 0.15) is 0 Å². The Labute approximate surface area is 92.7 Å². The molecule has 0 saturated carbocycles. The second kappa shape index (κ2) is 4.02. The first kappa shape index (κ1) is 10.2. The van der Waals surface area contributed by atoms with Gasteiger partial charge in [0.25, 0.3) is 0 Å². The topological polar surface area (TPSA) is 56.7 Å². The van der Waals surface area contributed by atoms with E-state index in [1.165, 1.54) is 4.88 Å². The molecule has 0 fully saturated rings. The van der Waals surface area contributed by atoms with Crippen LogP contribution in [0.25, 0.3) is 0 Å². The average Bonchev–Trinajstić information content (AvgIpc) is 2.76. The summed E-state index contributed by atoms with van der Waals surface area (Å²) in [6.45, 7) is 4.95. The minimum atomic E-state index is 0.347. The first-order valence-electron chi connectivity index (χ1n) is 4.89. The van der Waals surface area contributed by atoms with Crippen LogP contribution in [0.4, 0.5) is 5.82 Å². The number of nitrogens with two attached hydrogens (primary N) is 1. The Balaban J connectivity index is 2.29. The molecule has 0 aliphatic heterocycles. The third kappa shape index (κ3) is 2.02. The molecule has 5 heteroatoms. The van der Waals surface area contributed by atoms with E-state index in [-0.39, 0.29) is 0 Å². The van der Waals surface area contributed by atoms with Crippen LogP contribution in [-0.4, -0.2) is 15.0 Å². The number of hydrogen-bond donors (Lipinski definition) is 1. The summed E-state index contributed by atoms with van der Waals surface area (Å²) < 4.78 is 1.88. The lowest BCUT2D eigenvalue weighted by Gasteiger charge is -2.08. The Morgan fingerprint density at radius 2 is 2.33 bits per heavy atom. The van der Waals surface area contributed by atoms with E-state index >= 15 is 0 Å². The lowest BCUT2D eigenvalue weighted by atomic mass is 10.1. The van der Waals surface area contributed by atoms with Crippen molar-refractivity contribution in [3.05, 3.63) is 28.1 Å². The van der Waals surface area contributed by atoms with Crippen LogP contribution in [0.15, 0.2) is 17.5 Å². The van der Waals surface area contributed by atoms with E-state index in [2.05, 4.69) is 35.6 Å². The number of rotatable bonds is 3.